The van der Waals surface area contributed by atoms with Gasteiger partial charge in [0.1, 0.15) is 16.5 Å². The molecule has 0 saturated carbocycles. The summed E-state index contributed by atoms with van der Waals surface area (Å²) in [5, 5.41) is 2.45. The Morgan fingerprint density at radius 3 is 2.41 bits per heavy atom. The summed E-state index contributed by atoms with van der Waals surface area (Å²) < 4.78 is 33.1. The topological polar surface area (TPSA) is 79.8 Å². The highest BCUT2D eigenvalue weighted by atomic mass is 32.2. The lowest BCUT2D eigenvalue weighted by Crippen LogP contribution is -2.50. The van der Waals surface area contributed by atoms with Gasteiger partial charge in [0.05, 0.1) is 17.6 Å². The fourth-order valence-electron chi connectivity index (χ4n) is 3.96. The first-order chi connectivity index (χ1) is 16.3. The van der Waals surface area contributed by atoms with Crippen LogP contribution in [0.15, 0.2) is 58.8 Å². The van der Waals surface area contributed by atoms with Crippen LogP contribution >= 0.6 is 11.3 Å². The molecule has 4 rings (SSSR count). The predicted octanol–water partition coefficient (Wildman–Crippen LogP) is 4.48. The zero-order valence-electron chi connectivity index (χ0n) is 19.6. The second kappa shape index (κ2) is 10.2. The molecular weight excluding hydrogens is 470 g/mol. The Hall–Kier alpha value is -2.75. The number of para-hydroxylation sites is 1. The van der Waals surface area contributed by atoms with Crippen molar-refractivity contribution in [2.75, 3.05) is 33.3 Å². The van der Waals surface area contributed by atoms with Gasteiger partial charge >= 0.3 is 0 Å². The Morgan fingerprint density at radius 1 is 1.09 bits per heavy atom. The van der Waals surface area contributed by atoms with Gasteiger partial charge in [0, 0.05) is 31.6 Å². The monoisotopic (exact) mass is 499 g/mol. The van der Waals surface area contributed by atoms with Crippen LogP contribution in [0.5, 0.6) is 5.75 Å². The molecule has 0 N–H and O–H groups in total. The number of nitrogens with zero attached hydrogens (tertiary/aromatic N) is 3. The van der Waals surface area contributed by atoms with E-state index in [0.717, 1.165) is 17.5 Å². The summed E-state index contributed by atoms with van der Waals surface area (Å²) in [6.07, 6.45) is 1.00. The second-order valence-corrected chi connectivity index (χ2v) is 11.1. The van der Waals surface area contributed by atoms with Crippen molar-refractivity contribution in [3.8, 4) is 16.3 Å². The number of benzene rings is 2. The van der Waals surface area contributed by atoms with E-state index in [9.17, 15) is 13.2 Å². The minimum atomic E-state index is -3.60. The minimum Gasteiger partial charge on any atom is -0.496 e. The highest BCUT2D eigenvalue weighted by Crippen LogP contribution is 2.32. The number of carbonyl (C=O) groups is 1. The molecule has 1 amide bonds. The molecule has 34 heavy (non-hydrogen) atoms. The fraction of sp³-hybridized carbons (Fsp3) is 0.360. The molecule has 180 valence electrons. The Bertz CT molecular complexity index is 1250. The number of sulfonamides is 1. The molecule has 7 nitrogen and oxygen atoms in total. The number of hydrogen-bond acceptors (Lipinski definition) is 6. The normalized spacial score (nSPS) is 15.8. The van der Waals surface area contributed by atoms with Gasteiger partial charge in [-0.1, -0.05) is 38.1 Å². The average molecular weight is 500 g/mol. The highest BCUT2D eigenvalue weighted by Gasteiger charge is 2.31. The molecule has 0 spiro atoms. The van der Waals surface area contributed by atoms with E-state index in [4.69, 9.17) is 4.74 Å². The van der Waals surface area contributed by atoms with E-state index in [0.29, 0.717) is 40.4 Å². The van der Waals surface area contributed by atoms with Gasteiger partial charge < -0.3 is 9.64 Å². The summed E-state index contributed by atoms with van der Waals surface area (Å²) in [6, 6.07) is 14.7. The van der Waals surface area contributed by atoms with Gasteiger partial charge in [-0.15, -0.1) is 11.3 Å². The van der Waals surface area contributed by atoms with Crippen LogP contribution in [0.2, 0.25) is 0 Å². The lowest BCUT2D eigenvalue weighted by Gasteiger charge is -2.33. The minimum absolute atomic E-state index is 0.188. The molecule has 9 heteroatoms. The zero-order chi connectivity index (χ0) is 24.3. The number of methoxy groups -OCH3 is 1. The van der Waals surface area contributed by atoms with Crippen LogP contribution in [-0.2, 0) is 10.0 Å². The molecule has 1 aliphatic heterocycles. The number of ether oxygens (including phenoxy) is 1. The number of aromatic nitrogens is 1. The summed E-state index contributed by atoms with van der Waals surface area (Å²) in [6.45, 7) is 5.40. The van der Waals surface area contributed by atoms with Crippen LogP contribution in [0.1, 0.15) is 42.2 Å². The third kappa shape index (κ3) is 4.87. The molecule has 1 aliphatic rings. The van der Waals surface area contributed by atoms with Crippen molar-refractivity contribution < 1.29 is 17.9 Å². The highest BCUT2D eigenvalue weighted by molar-refractivity contribution is 7.89. The quantitative estimate of drug-likeness (QED) is 0.479. The lowest BCUT2D eigenvalue weighted by molar-refractivity contribution is 0.0693. The number of thiazole rings is 1. The van der Waals surface area contributed by atoms with Gasteiger partial charge in [0.15, 0.2) is 0 Å². The van der Waals surface area contributed by atoms with Gasteiger partial charge in [-0.25, -0.2) is 13.4 Å². The van der Waals surface area contributed by atoms with Crippen molar-refractivity contribution in [1.82, 2.24) is 14.2 Å². The van der Waals surface area contributed by atoms with Crippen LogP contribution in [0.25, 0.3) is 10.6 Å². The van der Waals surface area contributed by atoms with E-state index >= 15 is 0 Å². The number of carbonyl (C=O) groups excluding carboxylic acids is 1. The summed E-state index contributed by atoms with van der Waals surface area (Å²) in [5.41, 5.74) is 2.33. The Labute approximate surface area is 205 Å². The van der Waals surface area contributed by atoms with E-state index in [1.54, 1.807) is 29.5 Å². The van der Waals surface area contributed by atoms with Crippen molar-refractivity contribution >= 4 is 27.3 Å². The standard InChI is InChI=1S/C25H29N3O4S2/c1-4-18(2)19-9-11-20(12-10-19)34(30,31)28-15-13-27(14-16-28)25(29)22-17-33-24(26-22)21-7-5-6-8-23(21)32-3/h5-12,17-18H,4,13-16H2,1-3H3. The largest absolute Gasteiger partial charge is 0.496 e. The molecule has 0 bridgehead atoms. The maximum atomic E-state index is 13.1. The Balaban J connectivity index is 1.42. The van der Waals surface area contributed by atoms with E-state index in [1.165, 1.54) is 15.6 Å². The van der Waals surface area contributed by atoms with Gasteiger partial charge in [0.25, 0.3) is 5.91 Å². The maximum absolute atomic E-state index is 13.1. The number of rotatable bonds is 7. The predicted molar refractivity (Wildman–Crippen MR) is 134 cm³/mol. The molecule has 2 heterocycles. The van der Waals surface area contributed by atoms with E-state index in [-0.39, 0.29) is 19.0 Å². The average Bonchev–Trinajstić information content (AvgIpc) is 3.38. The Kier molecular flexibility index (Phi) is 7.35. The molecule has 1 unspecified atom stereocenters. The summed E-state index contributed by atoms with van der Waals surface area (Å²) >= 11 is 1.39. The van der Waals surface area contributed by atoms with Gasteiger partial charge in [0.2, 0.25) is 10.0 Å². The van der Waals surface area contributed by atoms with Gasteiger partial charge in [-0.05, 0) is 42.2 Å². The first-order valence-corrected chi connectivity index (χ1v) is 13.7. The summed E-state index contributed by atoms with van der Waals surface area (Å²) in [4.78, 5) is 19.5. The second-order valence-electron chi connectivity index (χ2n) is 8.31. The molecule has 1 fully saturated rings. The molecular formula is C25H29N3O4S2. The molecule has 0 radical (unpaired) electrons. The molecule has 3 aromatic rings. The smallest absolute Gasteiger partial charge is 0.273 e. The molecule has 1 atom stereocenters. The number of amides is 1. The SMILES string of the molecule is CCC(C)c1ccc(S(=O)(=O)N2CCN(C(=O)c3csc(-c4ccccc4OC)n3)CC2)cc1. The van der Waals surface area contributed by atoms with E-state index in [2.05, 4.69) is 18.8 Å². The van der Waals surface area contributed by atoms with E-state index < -0.39 is 10.0 Å². The lowest BCUT2D eigenvalue weighted by atomic mass is 9.99. The zero-order valence-corrected chi connectivity index (χ0v) is 21.2. The van der Waals surface area contributed by atoms with Gasteiger partial charge in [-0.3, -0.25) is 4.79 Å². The summed E-state index contributed by atoms with van der Waals surface area (Å²) in [7, 11) is -1.99. The maximum Gasteiger partial charge on any atom is 0.273 e. The molecule has 1 saturated heterocycles. The third-order valence-corrected chi connectivity index (χ3v) is 9.07. The molecule has 1 aromatic heterocycles. The number of hydrogen-bond donors (Lipinski definition) is 0. The van der Waals surface area contributed by atoms with Crippen LogP contribution in [0.3, 0.4) is 0 Å². The van der Waals surface area contributed by atoms with Crippen molar-refractivity contribution in [1.29, 1.82) is 0 Å². The number of piperazine rings is 1. The van der Waals surface area contributed by atoms with Crippen LogP contribution in [0.4, 0.5) is 0 Å². The van der Waals surface area contributed by atoms with Crippen molar-refractivity contribution in [2.24, 2.45) is 0 Å². The van der Waals surface area contributed by atoms with Crippen LogP contribution in [0, 0.1) is 0 Å². The van der Waals surface area contributed by atoms with Crippen molar-refractivity contribution in [3.63, 3.8) is 0 Å². The van der Waals surface area contributed by atoms with Crippen molar-refractivity contribution in [3.05, 3.63) is 65.2 Å². The van der Waals surface area contributed by atoms with Gasteiger partial charge in [-0.2, -0.15) is 4.31 Å². The molecule has 2 aromatic carbocycles. The molecule has 0 aliphatic carbocycles. The Morgan fingerprint density at radius 2 is 1.76 bits per heavy atom. The van der Waals surface area contributed by atoms with Crippen molar-refractivity contribution in [2.45, 2.75) is 31.1 Å². The fourth-order valence-corrected chi connectivity index (χ4v) is 6.21. The summed E-state index contributed by atoms with van der Waals surface area (Å²) in [5.74, 6) is 0.903. The van der Waals surface area contributed by atoms with Crippen LogP contribution in [-0.4, -0.2) is 61.8 Å². The third-order valence-electron chi connectivity index (χ3n) is 6.29. The van der Waals surface area contributed by atoms with E-state index in [1.807, 2.05) is 36.4 Å². The van der Waals surface area contributed by atoms with Crippen LogP contribution < -0.4 is 4.74 Å². The first kappa shape index (κ1) is 24.4. The first-order valence-electron chi connectivity index (χ1n) is 11.3.